The van der Waals surface area contributed by atoms with Gasteiger partial charge < -0.3 is 14.8 Å². The first-order valence-electron chi connectivity index (χ1n) is 6.15. The number of carbonyl (C=O) groups excluding carboxylic acids is 3. The molecule has 0 unspecified atom stereocenters. The fourth-order valence-corrected chi connectivity index (χ4v) is 1.76. The van der Waals surface area contributed by atoms with E-state index in [4.69, 9.17) is 4.74 Å². The lowest BCUT2D eigenvalue weighted by atomic mass is 10.0. The largest absolute Gasteiger partial charge is 0.469 e. The van der Waals surface area contributed by atoms with Crippen LogP contribution in [0.4, 0.5) is 4.79 Å². The van der Waals surface area contributed by atoms with E-state index < -0.39 is 11.5 Å². The minimum absolute atomic E-state index is 0.0501. The molecule has 1 aliphatic heterocycles. The van der Waals surface area contributed by atoms with Gasteiger partial charge >= 0.3 is 12.1 Å². The zero-order valence-corrected chi connectivity index (χ0v) is 11.5. The van der Waals surface area contributed by atoms with Gasteiger partial charge in [0, 0.05) is 13.0 Å². The first-order chi connectivity index (χ1) is 8.86. The topological polar surface area (TPSA) is 84.9 Å². The molecule has 1 N–H and O–H groups in total. The van der Waals surface area contributed by atoms with Crippen molar-refractivity contribution >= 4 is 18.0 Å². The Morgan fingerprint density at radius 2 is 2.11 bits per heavy atom. The lowest BCUT2D eigenvalue weighted by Crippen LogP contribution is -2.52. The van der Waals surface area contributed by atoms with Crippen LogP contribution in [0.25, 0.3) is 0 Å². The summed E-state index contributed by atoms with van der Waals surface area (Å²) in [7, 11) is 1.28. The third kappa shape index (κ3) is 4.42. The minimum atomic E-state index is -0.519. The molecule has 7 heteroatoms. The summed E-state index contributed by atoms with van der Waals surface area (Å²) in [5.74, 6) is -0.663. The molecule has 0 aromatic rings. The highest BCUT2D eigenvalue weighted by Gasteiger charge is 2.35. The van der Waals surface area contributed by atoms with E-state index in [0.29, 0.717) is 19.7 Å². The predicted octanol–water partition coefficient (Wildman–Crippen LogP) is 0.287. The normalized spacial score (nSPS) is 15.1. The lowest BCUT2D eigenvalue weighted by molar-refractivity contribution is -0.142. The Morgan fingerprint density at radius 1 is 1.42 bits per heavy atom. The average molecular weight is 272 g/mol. The number of ether oxygens (including phenoxy) is 2. The highest BCUT2D eigenvalue weighted by atomic mass is 16.6. The fraction of sp³-hybridized carbons (Fsp3) is 0.750. The molecular weight excluding hydrogens is 252 g/mol. The zero-order chi connectivity index (χ0) is 14.5. The van der Waals surface area contributed by atoms with Crippen molar-refractivity contribution < 1.29 is 23.9 Å². The molecule has 108 valence electrons. The van der Waals surface area contributed by atoms with Gasteiger partial charge in [-0.3, -0.25) is 14.5 Å². The molecule has 7 nitrogen and oxygen atoms in total. The summed E-state index contributed by atoms with van der Waals surface area (Å²) >= 11 is 0. The van der Waals surface area contributed by atoms with E-state index in [1.54, 1.807) is 4.90 Å². The monoisotopic (exact) mass is 272 g/mol. The van der Waals surface area contributed by atoms with Crippen molar-refractivity contribution in [3.8, 4) is 0 Å². The van der Waals surface area contributed by atoms with E-state index in [9.17, 15) is 14.4 Å². The van der Waals surface area contributed by atoms with Crippen LogP contribution in [0.1, 0.15) is 26.7 Å². The molecule has 1 saturated heterocycles. The SMILES string of the molecule is COC(=O)CCC(=O)NCC(C)(C)N1CCOC1=O. The molecule has 0 aliphatic carbocycles. The molecule has 0 bridgehead atoms. The highest BCUT2D eigenvalue weighted by molar-refractivity contribution is 5.81. The van der Waals surface area contributed by atoms with Crippen molar-refractivity contribution in [2.75, 3.05) is 26.8 Å². The van der Waals surface area contributed by atoms with E-state index in [2.05, 4.69) is 10.1 Å². The number of methoxy groups -OCH3 is 1. The summed E-state index contributed by atoms with van der Waals surface area (Å²) in [6, 6.07) is 0. The Hall–Kier alpha value is -1.79. The molecule has 1 rings (SSSR count). The Labute approximate surface area is 112 Å². The van der Waals surface area contributed by atoms with Gasteiger partial charge in [-0.2, -0.15) is 0 Å². The molecule has 0 spiro atoms. The van der Waals surface area contributed by atoms with Crippen LogP contribution in [0.5, 0.6) is 0 Å². The van der Waals surface area contributed by atoms with Crippen LogP contribution in [0.2, 0.25) is 0 Å². The van der Waals surface area contributed by atoms with Crippen LogP contribution in [-0.2, 0) is 19.1 Å². The summed E-state index contributed by atoms with van der Waals surface area (Å²) in [5, 5.41) is 2.70. The van der Waals surface area contributed by atoms with E-state index in [-0.39, 0.29) is 24.8 Å². The van der Waals surface area contributed by atoms with Crippen molar-refractivity contribution in [3.05, 3.63) is 0 Å². The zero-order valence-electron chi connectivity index (χ0n) is 11.5. The van der Waals surface area contributed by atoms with Crippen LogP contribution < -0.4 is 5.32 Å². The molecular formula is C12H20N2O5. The highest BCUT2D eigenvalue weighted by Crippen LogP contribution is 2.18. The number of nitrogens with zero attached hydrogens (tertiary/aromatic N) is 1. The average Bonchev–Trinajstić information content (AvgIpc) is 2.80. The van der Waals surface area contributed by atoms with E-state index in [1.807, 2.05) is 13.8 Å². The fourth-order valence-electron chi connectivity index (χ4n) is 1.76. The number of nitrogens with one attached hydrogen (secondary N) is 1. The van der Waals surface area contributed by atoms with Crippen molar-refractivity contribution in [1.29, 1.82) is 0 Å². The van der Waals surface area contributed by atoms with Gasteiger partial charge in [0.25, 0.3) is 0 Å². The third-order valence-electron chi connectivity index (χ3n) is 2.99. The Morgan fingerprint density at radius 3 is 2.63 bits per heavy atom. The molecule has 0 aromatic heterocycles. The van der Waals surface area contributed by atoms with Crippen LogP contribution in [-0.4, -0.2) is 55.2 Å². The molecule has 1 fully saturated rings. The minimum Gasteiger partial charge on any atom is -0.469 e. The second-order valence-electron chi connectivity index (χ2n) is 4.93. The van der Waals surface area contributed by atoms with Crippen molar-refractivity contribution in [2.45, 2.75) is 32.2 Å². The van der Waals surface area contributed by atoms with Crippen LogP contribution >= 0.6 is 0 Å². The standard InChI is InChI=1S/C12H20N2O5/c1-12(2,14-6-7-19-11(14)17)8-13-9(15)4-5-10(16)18-3/h4-8H2,1-3H3,(H,13,15). The number of hydrogen-bond acceptors (Lipinski definition) is 5. The number of esters is 1. The van der Waals surface area contributed by atoms with Crippen molar-refractivity contribution in [2.24, 2.45) is 0 Å². The number of hydrogen-bond donors (Lipinski definition) is 1. The number of carbonyl (C=O) groups is 3. The summed E-state index contributed by atoms with van der Waals surface area (Å²) < 4.78 is 9.32. The molecule has 0 radical (unpaired) electrons. The van der Waals surface area contributed by atoms with E-state index >= 15 is 0 Å². The Kier molecular flexibility index (Phi) is 5.14. The van der Waals surface area contributed by atoms with Gasteiger partial charge in [0.05, 0.1) is 25.6 Å². The second kappa shape index (κ2) is 6.40. The van der Waals surface area contributed by atoms with Crippen LogP contribution in [0, 0.1) is 0 Å². The van der Waals surface area contributed by atoms with Crippen LogP contribution in [0.3, 0.4) is 0 Å². The van der Waals surface area contributed by atoms with Gasteiger partial charge in [0.15, 0.2) is 0 Å². The molecule has 1 aliphatic rings. The van der Waals surface area contributed by atoms with Crippen molar-refractivity contribution in [1.82, 2.24) is 10.2 Å². The number of cyclic esters (lactones) is 1. The maximum atomic E-state index is 11.6. The first-order valence-corrected chi connectivity index (χ1v) is 6.15. The molecule has 2 amide bonds. The summed E-state index contributed by atoms with van der Waals surface area (Å²) in [6.07, 6.45) is -0.240. The molecule has 0 aromatic carbocycles. The van der Waals surface area contributed by atoms with E-state index in [1.165, 1.54) is 7.11 Å². The summed E-state index contributed by atoms with van der Waals surface area (Å²) in [4.78, 5) is 35.5. The summed E-state index contributed by atoms with van der Waals surface area (Å²) in [6.45, 7) is 4.89. The predicted molar refractivity (Wildman–Crippen MR) is 66.4 cm³/mol. The van der Waals surface area contributed by atoms with Gasteiger partial charge in [-0.05, 0) is 13.8 Å². The lowest BCUT2D eigenvalue weighted by Gasteiger charge is -2.33. The Bertz CT molecular complexity index is 367. The van der Waals surface area contributed by atoms with Crippen LogP contribution in [0.15, 0.2) is 0 Å². The molecule has 0 saturated carbocycles. The maximum Gasteiger partial charge on any atom is 0.410 e. The van der Waals surface area contributed by atoms with E-state index in [0.717, 1.165) is 0 Å². The van der Waals surface area contributed by atoms with Gasteiger partial charge in [-0.1, -0.05) is 0 Å². The van der Waals surface area contributed by atoms with Crippen molar-refractivity contribution in [3.63, 3.8) is 0 Å². The van der Waals surface area contributed by atoms with Gasteiger partial charge in [0.1, 0.15) is 6.61 Å². The quantitative estimate of drug-likeness (QED) is 0.702. The summed E-state index contributed by atoms with van der Waals surface area (Å²) in [5.41, 5.74) is -0.519. The van der Waals surface area contributed by atoms with Gasteiger partial charge in [-0.15, -0.1) is 0 Å². The molecule has 1 heterocycles. The number of amides is 2. The second-order valence-corrected chi connectivity index (χ2v) is 4.93. The maximum absolute atomic E-state index is 11.6. The first kappa shape index (κ1) is 15.3. The third-order valence-corrected chi connectivity index (χ3v) is 2.99. The van der Waals surface area contributed by atoms with Gasteiger partial charge in [0.2, 0.25) is 5.91 Å². The van der Waals surface area contributed by atoms with Gasteiger partial charge in [-0.25, -0.2) is 4.79 Å². The smallest absolute Gasteiger partial charge is 0.410 e. The molecule has 0 atom stereocenters. The molecule has 19 heavy (non-hydrogen) atoms. The Balaban J connectivity index is 2.36. The number of rotatable bonds is 6.